The molecule has 3 rings (SSSR count). The van der Waals surface area contributed by atoms with Crippen molar-refractivity contribution in [1.29, 1.82) is 0 Å². The minimum Gasteiger partial charge on any atom is -0.481 e. The van der Waals surface area contributed by atoms with E-state index < -0.39 is 5.97 Å². The molecule has 0 radical (unpaired) electrons. The monoisotopic (exact) mass is 396 g/mol. The number of benzene rings is 2. The third-order valence-corrected chi connectivity index (χ3v) is 4.93. The van der Waals surface area contributed by atoms with E-state index in [0.717, 1.165) is 25.2 Å². The highest BCUT2D eigenvalue weighted by atomic mass is 16.5. The fraction of sp³-hybridized carbons (Fsp3) is 0.391. The van der Waals surface area contributed by atoms with Gasteiger partial charge in [0, 0.05) is 37.3 Å². The maximum absolute atomic E-state index is 12.5. The summed E-state index contributed by atoms with van der Waals surface area (Å²) < 4.78 is 5.77. The summed E-state index contributed by atoms with van der Waals surface area (Å²) in [7, 11) is 0. The highest BCUT2D eigenvalue weighted by Crippen LogP contribution is 2.17. The minimum atomic E-state index is -0.833. The lowest BCUT2D eigenvalue weighted by Gasteiger charge is -2.35. The van der Waals surface area contributed by atoms with Crippen LogP contribution in [0, 0.1) is 0 Å². The summed E-state index contributed by atoms with van der Waals surface area (Å²) in [5.41, 5.74) is 3.31. The van der Waals surface area contributed by atoms with Crippen molar-refractivity contribution in [3.63, 3.8) is 0 Å². The van der Waals surface area contributed by atoms with E-state index in [1.54, 1.807) is 6.07 Å². The van der Waals surface area contributed by atoms with Crippen molar-refractivity contribution in [1.82, 2.24) is 4.90 Å². The Labute approximate surface area is 171 Å². The van der Waals surface area contributed by atoms with E-state index in [-0.39, 0.29) is 24.5 Å². The average molecular weight is 396 g/mol. The lowest BCUT2D eigenvalue weighted by atomic mass is 10.1. The van der Waals surface area contributed by atoms with E-state index in [9.17, 15) is 9.59 Å². The van der Waals surface area contributed by atoms with Gasteiger partial charge in [-0.15, -0.1) is 0 Å². The molecule has 1 aliphatic heterocycles. The van der Waals surface area contributed by atoms with Crippen LogP contribution in [0.1, 0.15) is 41.8 Å². The molecule has 6 heteroatoms. The molecule has 2 atom stereocenters. The normalized spacial score (nSPS) is 19.7. The standard InChI is InChI=1S/C23H28N2O4/c1-16-13-25(14-17(2)29-16)15-19-6-9-20(10-7-19)23(28)24-21-5-3-4-18(12-21)8-11-22(26)27/h3-7,9-10,12,16-17H,8,11,13-15H2,1-2H3,(H,24,28)(H,26,27). The van der Waals surface area contributed by atoms with E-state index in [1.165, 1.54) is 5.56 Å². The van der Waals surface area contributed by atoms with Crippen LogP contribution >= 0.6 is 0 Å². The third kappa shape index (κ3) is 6.41. The topological polar surface area (TPSA) is 78.9 Å². The van der Waals surface area contributed by atoms with E-state index in [1.807, 2.05) is 42.5 Å². The summed E-state index contributed by atoms with van der Waals surface area (Å²) >= 11 is 0. The predicted octanol–water partition coefficient (Wildman–Crippen LogP) is 3.57. The fourth-order valence-corrected chi connectivity index (χ4v) is 3.69. The van der Waals surface area contributed by atoms with Crippen molar-refractivity contribution in [2.45, 2.75) is 45.4 Å². The minimum absolute atomic E-state index is 0.0690. The van der Waals surface area contributed by atoms with Gasteiger partial charge in [0.1, 0.15) is 0 Å². The van der Waals surface area contributed by atoms with Gasteiger partial charge in [0.25, 0.3) is 5.91 Å². The van der Waals surface area contributed by atoms with E-state index in [2.05, 4.69) is 24.1 Å². The largest absolute Gasteiger partial charge is 0.481 e. The number of anilines is 1. The first-order chi connectivity index (χ1) is 13.9. The van der Waals surface area contributed by atoms with Gasteiger partial charge in [0.05, 0.1) is 12.2 Å². The smallest absolute Gasteiger partial charge is 0.303 e. The molecule has 1 amide bonds. The molecule has 2 aromatic rings. The second-order valence-corrected chi connectivity index (χ2v) is 7.70. The van der Waals surface area contributed by atoms with Crippen molar-refractivity contribution < 1.29 is 19.4 Å². The van der Waals surface area contributed by atoms with Gasteiger partial charge in [-0.25, -0.2) is 0 Å². The summed E-state index contributed by atoms with van der Waals surface area (Å²) in [5, 5.41) is 11.7. The lowest BCUT2D eigenvalue weighted by Crippen LogP contribution is -2.44. The number of nitrogens with one attached hydrogen (secondary N) is 1. The van der Waals surface area contributed by atoms with Crippen LogP contribution in [0.25, 0.3) is 0 Å². The number of carboxylic acids is 1. The lowest BCUT2D eigenvalue weighted by molar-refractivity contribution is -0.136. The average Bonchev–Trinajstić information content (AvgIpc) is 2.66. The molecule has 1 aliphatic rings. The number of morpholine rings is 1. The Bertz CT molecular complexity index is 840. The predicted molar refractivity (Wildman–Crippen MR) is 112 cm³/mol. The first-order valence-corrected chi connectivity index (χ1v) is 9.98. The summed E-state index contributed by atoms with van der Waals surface area (Å²) in [6.45, 7) is 6.83. The first kappa shape index (κ1) is 21.0. The molecule has 154 valence electrons. The molecular formula is C23H28N2O4. The molecule has 1 saturated heterocycles. The fourth-order valence-electron chi connectivity index (χ4n) is 3.69. The number of amides is 1. The number of hydrogen-bond acceptors (Lipinski definition) is 4. The van der Waals surface area contributed by atoms with Crippen molar-refractivity contribution in [2.75, 3.05) is 18.4 Å². The van der Waals surface area contributed by atoms with E-state index in [0.29, 0.717) is 17.7 Å². The number of rotatable bonds is 7. The van der Waals surface area contributed by atoms with Crippen molar-refractivity contribution in [3.05, 3.63) is 65.2 Å². The number of carboxylic acid groups (broad SMARTS) is 1. The molecule has 1 fully saturated rings. The summed E-state index contributed by atoms with van der Waals surface area (Å²) in [6.07, 6.45) is 0.969. The second-order valence-electron chi connectivity index (χ2n) is 7.70. The molecule has 29 heavy (non-hydrogen) atoms. The van der Waals surface area contributed by atoms with Gasteiger partial charge in [-0.1, -0.05) is 24.3 Å². The van der Waals surface area contributed by atoms with Crippen molar-refractivity contribution >= 4 is 17.6 Å². The first-order valence-electron chi connectivity index (χ1n) is 9.98. The van der Waals surface area contributed by atoms with Crippen LogP contribution in [-0.2, 0) is 22.5 Å². The Morgan fingerprint density at radius 1 is 1.07 bits per heavy atom. The zero-order valence-corrected chi connectivity index (χ0v) is 16.9. The number of nitrogens with zero attached hydrogens (tertiary/aromatic N) is 1. The number of aliphatic carboxylic acids is 1. The summed E-state index contributed by atoms with van der Waals surface area (Å²) in [5.74, 6) is -1.01. The zero-order valence-electron chi connectivity index (χ0n) is 16.9. The zero-order chi connectivity index (χ0) is 20.8. The van der Waals surface area contributed by atoms with Gasteiger partial charge in [-0.2, -0.15) is 0 Å². The molecule has 1 heterocycles. The molecular weight excluding hydrogens is 368 g/mol. The molecule has 0 aromatic heterocycles. The van der Waals surface area contributed by atoms with Crippen LogP contribution in [0.15, 0.2) is 48.5 Å². The van der Waals surface area contributed by atoms with Crippen LogP contribution in [0.3, 0.4) is 0 Å². The maximum atomic E-state index is 12.5. The Balaban J connectivity index is 1.57. The van der Waals surface area contributed by atoms with Gasteiger partial charge in [-0.3, -0.25) is 14.5 Å². The Morgan fingerprint density at radius 2 is 1.76 bits per heavy atom. The van der Waals surface area contributed by atoms with Gasteiger partial charge < -0.3 is 15.2 Å². The third-order valence-electron chi connectivity index (χ3n) is 4.93. The molecule has 0 bridgehead atoms. The van der Waals surface area contributed by atoms with Crippen molar-refractivity contribution in [3.8, 4) is 0 Å². The molecule has 2 unspecified atom stereocenters. The Kier molecular flexibility index (Phi) is 7.01. The Morgan fingerprint density at radius 3 is 2.41 bits per heavy atom. The van der Waals surface area contributed by atoms with Crippen LogP contribution in [0.4, 0.5) is 5.69 Å². The molecule has 2 aromatic carbocycles. The number of carbonyl (C=O) groups is 2. The highest BCUT2D eigenvalue weighted by molar-refractivity contribution is 6.04. The summed E-state index contributed by atoms with van der Waals surface area (Å²) in [4.78, 5) is 25.6. The molecule has 2 N–H and O–H groups in total. The molecule has 0 saturated carbocycles. The van der Waals surface area contributed by atoms with Gasteiger partial charge >= 0.3 is 5.97 Å². The quantitative estimate of drug-likeness (QED) is 0.748. The highest BCUT2D eigenvalue weighted by Gasteiger charge is 2.22. The van der Waals surface area contributed by atoms with E-state index >= 15 is 0 Å². The van der Waals surface area contributed by atoms with E-state index in [4.69, 9.17) is 9.84 Å². The van der Waals surface area contributed by atoms with Gasteiger partial charge in [0.2, 0.25) is 0 Å². The van der Waals surface area contributed by atoms with Crippen LogP contribution < -0.4 is 5.32 Å². The molecule has 6 nitrogen and oxygen atoms in total. The number of aryl methyl sites for hydroxylation is 1. The van der Waals surface area contributed by atoms with Gasteiger partial charge in [-0.05, 0) is 55.7 Å². The Hall–Kier alpha value is -2.70. The van der Waals surface area contributed by atoms with Crippen LogP contribution in [-0.4, -0.2) is 47.2 Å². The molecule has 0 aliphatic carbocycles. The molecule has 0 spiro atoms. The number of hydrogen-bond donors (Lipinski definition) is 2. The van der Waals surface area contributed by atoms with Gasteiger partial charge in [0.15, 0.2) is 0 Å². The number of carbonyl (C=O) groups excluding carboxylic acids is 1. The van der Waals surface area contributed by atoms with Crippen molar-refractivity contribution in [2.24, 2.45) is 0 Å². The SMILES string of the molecule is CC1CN(Cc2ccc(C(=O)Nc3cccc(CCC(=O)O)c3)cc2)CC(C)O1. The maximum Gasteiger partial charge on any atom is 0.303 e. The summed E-state index contributed by atoms with van der Waals surface area (Å²) in [6, 6.07) is 15.0. The number of ether oxygens (including phenoxy) is 1. The van der Waals surface area contributed by atoms with Crippen LogP contribution in [0.2, 0.25) is 0 Å². The second kappa shape index (κ2) is 9.67. The van der Waals surface area contributed by atoms with Crippen LogP contribution in [0.5, 0.6) is 0 Å².